The first-order chi connectivity index (χ1) is 8.22. The summed E-state index contributed by atoms with van der Waals surface area (Å²) in [7, 11) is 0. The number of amides is 1. The van der Waals surface area contributed by atoms with Crippen molar-refractivity contribution in [1.29, 1.82) is 0 Å². The molecule has 1 rings (SSSR count). The lowest BCUT2D eigenvalue weighted by Crippen LogP contribution is -2.43. The number of likely N-dealkylation sites (tertiary alicyclic amines) is 1. The molecule has 5 nitrogen and oxygen atoms in total. The molecule has 1 aliphatic rings. The third kappa shape index (κ3) is 5.89. The van der Waals surface area contributed by atoms with E-state index in [2.05, 4.69) is 13.8 Å². The molecular weight excluding hydrogens is 234 g/mol. The lowest BCUT2D eigenvalue weighted by atomic mass is 10.2. The Hall–Kier alpha value is -1.26. The van der Waals surface area contributed by atoms with Crippen molar-refractivity contribution in [2.75, 3.05) is 6.54 Å². The summed E-state index contributed by atoms with van der Waals surface area (Å²) < 4.78 is 5.13. The van der Waals surface area contributed by atoms with Gasteiger partial charge in [0, 0.05) is 6.54 Å². The minimum atomic E-state index is -0.960. The molecule has 0 aromatic carbocycles. The molecule has 1 saturated heterocycles. The minimum absolute atomic E-state index is 0.464. The number of carboxylic acid groups (broad SMARTS) is 1. The quantitative estimate of drug-likeness (QED) is 0.786. The Morgan fingerprint density at radius 3 is 2.22 bits per heavy atom. The second kappa shape index (κ2) is 7.24. The highest BCUT2D eigenvalue weighted by Gasteiger charge is 2.36. The summed E-state index contributed by atoms with van der Waals surface area (Å²) in [4.78, 5) is 23.7. The second-order valence-corrected chi connectivity index (χ2v) is 5.38. The normalized spacial score (nSPS) is 18.9. The largest absolute Gasteiger partial charge is 0.480 e. The average Bonchev–Trinajstić information content (AvgIpc) is 2.63. The molecule has 1 fully saturated rings. The second-order valence-electron chi connectivity index (χ2n) is 5.38. The maximum Gasteiger partial charge on any atom is 0.411 e. The van der Waals surface area contributed by atoms with E-state index in [4.69, 9.17) is 9.84 Å². The molecule has 5 heteroatoms. The lowest BCUT2D eigenvalue weighted by molar-refractivity contribution is -0.142. The smallest absolute Gasteiger partial charge is 0.411 e. The number of rotatable bonds is 1. The van der Waals surface area contributed by atoms with Crippen molar-refractivity contribution in [3.8, 4) is 0 Å². The number of hydrogen-bond acceptors (Lipinski definition) is 3. The van der Waals surface area contributed by atoms with Crippen molar-refractivity contribution in [3.63, 3.8) is 0 Å². The number of aliphatic carboxylic acids is 1. The van der Waals surface area contributed by atoms with Crippen molar-refractivity contribution in [2.45, 2.75) is 65.5 Å². The van der Waals surface area contributed by atoms with Gasteiger partial charge in [-0.25, -0.2) is 9.59 Å². The SMILES string of the molecule is CC(C)(C)OC(=O)N1CCCC1C(=O)O.CCC. The van der Waals surface area contributed by atoms with Gasteiger partial charge in [-0.05, 0) is 33.6 Å². The molecule has 0 aliphatic carbocycles. The number of carbonyl (C=O) groups is 2. The van der Waals surface area contributed by atoms with Crippen LogP contribution in [0, 0.1) is 0 Å². The summed E-state index contributed by atoms with van der Waals surface area (Å²) >= 11 is 0. The molecule has 0 saturated carbocycles. The molecule has 1 amide bonds. The van der Waals surface area contributed by atoms with E-state index in [0.717, 1.165) is 6.42 Å². The number of hydrogen-bond donors (Lipinski definition) is 1. The highest BCUT2D eigenvalue weighted by atomic mass is 16.6. The van der Waals surface area contributed by atoms with Crippen LogP contribution in [0.2, 0.25) is 0 Å². The Morgan fingerprint density at radius 1 is 1.33 bits per heavy atom. The van der Waals surface area contributed by atoms with Crippen LogP contribution in [0.15, 0.2) is 0 Å². The Balaban J connectivity index is 0.000000873. The highest BCUT2D eigenvalue weighted by Crippen LogP contribution is 2.20. The van der Waals surface area contributed by atoms with Crippen LogP contribution in [0.4, 0.5) is 4.79 Å². The van der Waals surface area contributed by atoms with Crippen LogP contribution in [0.25, 0.3) is 0 Å². The maximum absolute atomic E-state index is 11.6. The first-order valence-electron chi connectivity index (χ1n) is 6.45. The third-order valence-electron chi connectivity index (χ3n) is 2.17. The van der Waals surface area contributed by atoms with Gasteiger partial charge in [0.1, 0.15) is 11.6 Å². The summed E-state index contributed by atoms with van der Waals surface area (Å²) in [6, 6.07) is -0.722. The average molecular weight is 259 g/mol. The maximum atomic E-state index is 11.6. The molecule has 1 heterocycles. The van der Waals surface area contributed by atoms with Gasteiger partial charge in [-0.15, -0.1) is 0 Å². The molecule has 1 atom stereocenters. The lowest BCUT2D eigenvalue weighted by Gasteiger charge is -2.26. The Kier molecular flexibility index (Phi) is 6.73. The van der Waals surface area contributed by atoms with Crippen molar-refractivity contribution >= 4 is 12.1 Å². The van der Waals surface area contributed by atoms with Gasteiger partial charge in [0.15, 0.2) is 0 Å². The van der Waals surface area contributed by atoms with Crippen LogP contribution in [-0.4, -0.2) is 40.3 Å². The van der Waals surface area contributed by atoms with Gasteiger partial charge in [0.2, 0.25) is 0 Å². The number of nitrogens with zero attached hydrogens (tertiary/aromatic N) is 1. The van der Waals surface area contributed by atoms with Gasteiger partial charge in [-0.2, -0.15) is 0 Å². The zero-order valence-electron chi connectivity index (χ0n) is 12.0. The molecule has 106 valence electrons. The summed E-state index contributed by atoms with van der Waals surface area (Å²) in [5.41, 5.74) is -0.581. The van der Waals surface area contributed by atoms with E-state index in [0.29, 0.717) is 13.0 Å². The summed E-state index contributed by atoms with van der Waals surface area (Å²) in [6.07, 6.45) is 1.94. The molecular formula is C13H25NO4. The van der Waals surface area contributed by atoms with E-state index in [1.165, 1.54) is 11.3 Å². The highest BCUT2D eigenvalue weighted by molar-refractivity contribution is 5.80. The molecule has 18 heavy (non-hydrogen) atoms. The van der Waals surface area contributed by atoms with Crippen LogP contribution in [-0.2, 0) is 9.53 Å². The molecule has 0 radical (unpaired) electrons. The van der Waals surface area contributed by atoms with Crippen LogP contribution < -0.4 is 0 Å². The molecule has 0 aromatic rings. The summed E-state index contributed by atoms with van der Waals surface area (Å²) in [5, 5.41) is 8.88. The van der Waals surface area contributed by atoms with Crippen molar-refractivity contribution < 1.29 is 19.4 Å². The van der Waals surface area contributed by atoms with Gasteiger partial charge in [0.05, 0.1) is 0 Å². The van der Waals surface area contributed by atoms with E-state index >= 15 is 0 Å². The van der Waals surface area contributed by atoms with Gasteiger partial charge in [0.25, 0.3) is 0 Å². The Morgan fingerprint density at radius 2 is 1.83 bits per heavy atom. The predicted octanol–water partition coefficient (Wildman–Crippen LogP) is 2.89. The van der Waals surface area contributed by atoms with Gasteiger partial charge in [-0.1, -0.05) is 20.3 Å². The standard InChI is InChI=1S/C10H17NO4.C3H8/c1-10(2,3)15-9(14)11-6-4-5-7(11)8(12)13;1-3-2/h7H,4-6H2,1-3H3,(H,12,13);3H2,1-2H3. The number of carboxylic acids is 1. The molecule has 0 bridgehead atoms. The molecule has 1 aliphatic heterocycles. The van der Waals surface area contributed by atoms with Gasteiger partial charge in [-0.3, -0.25) is 4.90 Å². The first-order valence-corrected chi connectivity index (χ1v) is 6.45. The van der Waals surface area contributed by atoms with Gasteiger partial charge >= 0.3 is 12.1 Å². The van der Waals surface area contributed by atoms with Crippen molar-refractivity contribution in [1.82, 2.24) is 4.90 Å². The summed E-state index contributed by atoms with van der Waals surface area (Å²) in [6.45, 7) is 10.00. The van der Waals surface area contributed by atoms with Crippen molar-refractivity contribution in [2.24, 2.45) is 0 Å². The number of carbonyl (C=O) groups excluding carboxylic acids is 1. The minimum Gasteiger partial charge on any atom is -0.480 e. The monoisotopic (exact) mass is 259 g/mol. The Labute approximate surface area is 109 Å². The molecule has 0 aromatic heterocycles. The van der Waals surface area contributed by atoms with E-state index in [1.807, 2.05) is 0 Å². The fourth-order valence-corrected chi connectivity index (χ4v) is 1.56. The van der Waals surface area contributed by atoms with Gasteiger partial charge < -0.3 is 9.84 Å². The topological polar surface area (TPSA) is 66.8 Å². The zero-order chi connectivity index (χ0) is 14.3. The molecule has 1 unspecified atom stereocenters. The fraction of sp³-hybridized carbons (Fsp3) is 0.846. The van der Waals surface area contributed by atoms with Crippen molar-refractivity contribution in [3.05, 3.63) is 0 Å². The van der Waals surface area contributed by atoms with Crippen LogP contribution >= 0.6 is 0 Å². The molecule has 0 spiro atoms. The van der Waals surface area contributed by atoms with E-state index in [-0.39, 0.29) is 0 Å². The van der Waals surface area contributed by atoms with Crippen LogP contribution in [0.1, 0.15) is 53.9 Å². The summed E-state index contributed by atoms with van der Waals surface area (Å²) in [5.74, 6) is -0.960. The molecule has 1 N–H and O–H groups in total. The van der Waals surface area contributed by atoms with Crippen LogP contribution in [0.3, 0.4) is 0 Å². The predicted molar refractivity (Wildman–Crippen MR) is 69.6 cm³/mol. The zero-order valence-corrected chi connectivity index (χ0v) is 12.0. The van der Waals surface area contributed by atoms with E-state index in [1.54, 1.807) is 20.8 Å². The fourth-order valence-electron chi connectivity index (χ4n) is 1.56. The third-order valence-corrected chi connectivity index (χ3v) is 2.17. The van der Waals surface area contributed by atoms with E-state index < -0.39 is 23.7 Å². The van der Waals surface area contributed by atoms with Crippen LogP contribution in [0.5, 0.6) is 0 Å². The Bertz CT molecular complexity index is 283. The van der Waals surface area contributed by atoms with E-state index in [9.17, 15) is 9.59 Å². The first kappa shape index (κ1) is 16.7. The number of ether oxygens (including phenoxy) is 1.